The largest absolute Gasteiger partial charge is 0.458 e. The van der Waals surface area contributed by atoms with Crippen molar-refractivity contribution in [3.63, 3.8) is 0 Å². The van der Waals surface area contributed by atoms with Crippen LogP contribution in [0.25, 0.3) is 0 Å². The molecule has 1 aromatic carbocycles. The van der Waals surface area contributed by atoms with Crippen molar-refractivity contribution in [2.24, 2.45) is 23.2 Å². The smallest absolute Gasteiger partial charge is 0.338 e. The van der Waals surface area contributed by atoms with Crippen LogP contribution >= 0.6 is 0 Å². The summed E-state index contributed by atoms with van der Waals surface area (Å²) in [5, 5.41) is 24.5. The van der Waals surface area contributed by atoms with Crippen molar-refractivity contribution in [1.29, 1.82) is 0 Å². The molecule has 0 saturated heterocycles. The number of ketones is 1. The van der Waals surface area contributed by atoms with E-state index >= 15 is 0 Å². The Kier molecular flexibility index (Phi) is 12.2. The number of carbonyl (C=O) groups is 6. The Labute approximate surface area is 291 Å². The molecule has 1 aromatic rings. The number of benzene rings is 1. The minimum Gasteiger partial charge on any atom is -0.458 e. The number of hydrogen-bond acceptors (Lipinski definition) is 13. The number of esters is 5. The minimum atomic E-state index is -2.52. The number of rotatable bonds is 7. The normalized spacial score (nSPS) is 33.2. The molecule has 2 N–H and O–H groups in total. The second kappa shape index (κ2) is 15.3. The molecule has 0 bridgehead atoms. The molecule has 0 aliphatic heterocycles. The Morgan fingerprint density at radius 3 is 1.96 bits per heavy atom. The second-order valence-electron chi connectivity index (χ2n) is 14.2. The van der Waals surface area contributed by atoms with Gasteiger partial charge in [0, 0.05) is 38.5 Å². The van der Waals surface area contributed by atoms with Gasteiger partial charge in [-0.15, -0.1) is 0 Å². The zero-order chi connectivity index (χ0) is 37.9. The lowest BCUT2D eigenvalue weighted by molar-refractivity contribution is -0.188. The Morgan fingerprint density at radius 2 is 1.44 bits per heavy atom. The average Bonchev–Trinajstić information content (AvgIpc) is 3.24. The number of carbonyl (C=O) groups excluding carboxylic acids is 6. The average molecular weight is 701 g/mol. The first-order chi connectivity index (χ1) is 23.1. The van der Waals surface area contributed by atoms with Crippen molar-refractivity contribution < 1.29 is 62.7 Å². The summed E-state index contributed by atoms with van der Waals surface area (Å²) in [6.45, 7) is 16.4. The van der Waals surface area contributed by atoms with E-state index in [0.29, 0.717) is 0 Å². The Bertz CT molecular complexity index is 1530. The topological polar surface area (TPSA) is 189 Å². The van der Waals surface area contributed by atoms with E-state index in [1.54, 1.807) is 45.9 Å². The van der Waals surface area contributed by atoms with E-state index in [9.17, 15) is 39.0 Å². The molecule has 0 aromatic heterocycles. The number of fused-ring (bicyclic) bond motifs is 1. The first-order valence-corrected chi connectivity index (χ1v) is 16.4. The van der Waals surface area contributed by atoms with Gasteiger partial charge >= 0.3 is 29.8 Å². The van der Waals surface area contributed by atoms with Crippen LogP contribution in [0.3, 0.4) is 0 Å². The number of hydrogen-bond donors (Lipinski definition) is 2. The maximum Gasteiger partial charge on any atom is 0.338 e. The van der Waals surface area contributed by atoms with Crippen molar-refractivity contribution in [1.82, 2.24) is 0 Å². The lowest BCUT2D eigenvalue weighted by Crippen LogP contribution is -2.57. The SMILES string of the molecule is C=C1C(O)C2C(OC(C)=O)C(C)(OC(=O)C(C)C)CC2(O)C(=O)C(C)/C=C/C(C)(C)C(OC(=O)c2ccccc2)C(OC(C)=O)C1OC(C)=O. The first kappa shape index (κ1) is 40.1. The molecular weight excluding hydrogens is 652 g/mol. The highest BCUT2D eigenvalue weighted by Crippen LogP contribution is 2.51. The number of aliphatic hydroxyl groups excluding tert-OH is 1. The van der Waals surface area contributed by atoms with Gasteiger partial charge in [-0.3, -0.25) is 24.0 Å². The third kappa shape index (κ3) is 8.50. The number of ether oxygens (including phenoxy) is 5. The molecule has 13 nitrogen and oxygen atoms in total. The van der Waals surface area contributed by atoms with E-state index < -0.39 is 113 Å². The summed E-state index contributed by atoms with van der Waals surface area (Å²) in [5.74, 6) is -8.49. The van der Waals surface area contributed by atoms with Crippen molar-refractivity contribution in [2.45, 2.75) is 110 Å². The van der Waals surface area contributed by atoms with Gasteiger partial charge in [-0.05, 0) is 24.6 Å². The molecule has 1 fully saturated rings. The Balaban J connectivity index is 2.35. The quantitative estimate of drug-likeness (QED) is 0.239. The van der Waals surface area contributed by atoms with Gasteiger partial charge in [-0.25, -0.2) is 4.79 Å². The first-order valence-electron chi connectivity index (χ1n) is 16.4. The molecule has 0 radical (unpaired) electrons. The zero-order valence-corrected chi connectivity index (χ0v) is 30.0. The summed E-state index contributed by atoms with van der Waals surface area (Å²) in [7, 11) is 0. The summed E-state index contributed by atoms with van der Waals surface area (Å²) in [5.41, 5.74) is -5.87. The van der Waals surface area contributed by atoms with Crippen LogP contribution in [0.2, 0.25) is 0 Å². The molecule has 13 heteroatoms. The lowest BCUT2D eigenvalue weighted by atomic mass is 9.72. The van der Waals surface area contributed by atoms with E-state index in [0.717, 1.165) is 20.8 Å². The van der Waals surface area contributed by atoms with Gasteiger partial charge in [-0.2, -0.15) is 0 Å². The molecule has 0 amide bonds. The van der Waals surface area contributed by atoms with Gasteiger partial charge in [0.05, 0.1) is 23.5 Å². The van der Waals surface area contributed by atoms with Crippen molar-refractivity contribution in [3.05, 3.63) is 60.2 Å². The maximum absolute atomic E-state index is 14.3. The molecule has 274 valence electrons. The van der Waals surface area contributed by atoms with E-state index in [1.807, 2.05) is 0 Å². The van der Waals surface area contributed by atoms with Crippen LogP contribution in [0.1, 0.15) is 79.1 Å². The summed E-state index contributed by atoms with van der Waals surface area (Å²) in [6, 6.07) is 7.95. The maximum atomic E-state index is 14.3. The van der Waals surface area contributed by atoms with Crippen LogP contribution in [0.15, 0.2) is 54.6 Å². The summed E-state index contributed by atoms with van der Waals surface area (Å²) < 4.78 is 28.8. The molecule has 9 atom stereocenters. The van der Waals surface area contributed by atoms with Gasteiger partial charge in [0.25, 0.3) is 0 Å². The molecule has 0 heterocycles. The Morgan fingerprint density at radius 1 is 0.880 bits per heavy atom. The molecule has 50 heavy (non-hydrogen) atoms. The zero-order valence-electron chi connectivity index (χ0n) is 30.0. The minimum absolute atomic E-state index is 0.155. The highest BCUT2D eigenvalue weighted by atomic mass is 16.6. The molecule has 0 spiro atoms. The van der Waals surface area contributed by atoms with Gasteiger partial charge in [0.2, 0.25) is 0 Å². The number of Topliss-reactive ketones (excluding diaryl/α,β-unsaturated/α-hetero) is 1. The van der Waals surface area contributed by atoms with Crippen LogP contribution in [0.5, 0.6) is 0 Å². The van der Waals surface area contributed by atoms with Gasteiger partial charge in [0.1, 0.15) is 17.3 Å². The van der Waals surface area contributed by atoms with Gasteiger partial charge < -0.3 is 33.9 Å². The predicted molar refractivity (Wildman–Crippen MR) is 177 cm³/mol. The van der Waals surface area contributed by atoms with Crippen molar-refractivity contribution in [2.75, 3.05) is 0 Å². The fraction of sp³-hybridized carbons (Fsp3) is 0.568. The fourth-order valence-corrected chi connectivity index (χ4v) is 6.65. The third-order valence-electron chi connectivity index (χ3n) is 9.11. The van der Waals surface area contributed by atoms with Gasteiger partial charge in [-0.1, -0.05) is 71.5 Å². The van der Waals surface area contributed by atoms with E-state index in [2.05, 4.69) is 6.58 Å². The third-order valence-corrected chi connectivity index (χ3v) is 9.11. The predicted octanol–water partition coefficient (Wildman–Crippen LogP) is 3.43. The molecule has 2 aliphatic carbocycles. The van der Waals surface area contributed by atoms with Gasteiger partial charge in [0.15, 0.2) is 24.1 Å². The van der Waals surface area contributed by atoms with Crippen LogP contribution in [-0.4, -0.2) is 87.6 Å². The molecule has 3 rings (SSSR count). The van der Waals surface area contributed by atoms with E-state index in [-0.39, 0.29) is 5.56 Å². The highest BCUT2D eigenvalue weighted by molar-refractivity contribution is 5.92. The monoisotopic (exact) mass is 700 g/mol. The lowest BCUT2D eigenvalue weighted by Gasteiger charge is -2.43. The summed E-state index contributed by atoms with van der Waals surface area (Å²) in [6.07, 6.45) is -6.12. The molecule has 9 unspecified atom stereocenters. The molecular formula is C37H48O13. The van der Waals surface area contributed by atoms with E-state index in [1.165, 1.54) is 38.1 Å². The second-order valence-corrected chi connectivity index (χ2v) is 14.2. The fourth-order valence-electron chi connectivity index (χ4n) is 6.65. The van der Waals surface area contributed by atoms with Crippen LogP contribution < -0.4 is 0 Å². The summed E-state index contributed by atoms with van der Waals surface area (Å²) in [4.78, 5) is 78.5. The summed E-state index contributed by atoms with van der Waals surface area (Å²) >= 11 is 0. The van der Waals surface area contributed by atoms with Crippen LogP contribution in [0.4, 0.5) is 0 Å². The standard InChI is InChI=1S/C37H48O13/c1-19(2)33(43)50-36(10)18-37(45)26(31(36)48-24(7)40)27(41)21(4)28(46-22(5)38)29(47-23(6)39)32(35(8,9)17-16-20(3)30(37)42)49-34(44)25-14-12-11-13-15-25/h11-17,19-20,26-29,31-32,41,45H,4,18H2,1-3,5-10H3/b17-16+. The van der Waals surface area contributed by atoms with E-state index in [4.69, 9.17) is 23.7 Å². The van der Waals surface area contributed by atoms with Crippen LogP contribution in [0, 0.1) is 23.2 Å². The number of allylic oxidation sites excluding steroid dienone is 1. The molecule has 1 saturated carbocycles. The molecule has 2 aliphatic rings. The Hall–Kier alpha value is -4.36. The van der Waals surface area contributed by atoms with Crippen LogP contribution in [-0.2, 0) is 47.7 Å². The van der Waals surface area contributed by atoms with Crippen molar-refractivity contribution >= 4 is 35.6 Å². The highest BCUT2D eigenvalue weighted by Gasteiger charge is 2.68. The number of aliphatic hydroxyl groups is 2. The van der Waals surface area contributed by atoms with Crippen molar-refractivity contribution in [3.8, 4) is 0 Å².